The van der Waals surface area contributed by atoms with Crippen LogP contribution in [0.15, 0.2) is 146 Å². The van der Waals surface area contributed by atoms with Crippen LogP contribution in [-0.4, -0.2) is 34.7 Å². The maximum Gasteiger partial charge on any atom is 0.159 e. The van der Waals surface area contributed by atoms with Crippen molar-refractivity contribution in [1.29, 1.82) is 0 Å². The Bertz CT molecular complexity index is 2310. The van der Waals surface area contributed by atoms with Crippen molar-refractivity contribution in [2.45, 2.75) is 41.5 Å². The normalized spacial score (nSPS) is 10.9. The number of hydrogen-bond donors (Lipinski definition) is 0. The van der Waals surface area contributed by atoms with E-state index < -0.39 is 0 Å². The second-order valence-electron chi connectivity index (χ2n) is 15.1. The van der Waals surface area contributed by atoms with Crippen LogP contribution < -0.4 is 0 Å². The van der Waals surface area contributed by atoms with E-state index in [0.717, 1.165) is 66.8 Å². The van der Waals surface area contributed by atoms with E-state index in [1.807, 2.05) is 72.8 Å². The summed E-state index contributed by atoms with van der Waals surface area (Å²) >= 11 is 0. The zero-order chi connectivity index (χ0) is 42.8. The van der Waals surface area contributed by atoms with Crippen molar-refractivity contribution in [2.75, 3.05) is 0 Å². The zero-order valence-corrected chi connectivity index (χ0v) is 34.3. The molecule has 0 aromatic heterocycles. The number of ketones is 6. The number of benzene rings is 7. The van der Waals surface area contributed by atoms with Gasteiger partial charge in [-0.1, -0.05) is 146 Å². The second-order valence-corrected chi connectivity index (χ2v) is 15.1. The summed E-state index contributed by atoms with van der Waals surface area (Å²) in [5, 5.41) is 0. The lowest BCUT2D eigenvalue weighted by Gasteiger charge is -2.29. The van der Waals surface area contributed by atoms with Crippen molar-refractivity contribution in [3.63, 3.8) is 0 Å². The molecule has 0 amide bonds. The first-order valence-electron chi connectivity index (χ1n) is 19.7. The van der Waals surface area contributed by atoms with Crippen molar-refractivity contribution in [3.05, 3.63) is 179 Å². The molecule has 6 nitrogen and oxygen atoms in total. The molecule has 0 atom stereocenters. The number of carbonyl (C=O) groups excluding carboxylic acids is 6. The first-order valence-corrected chi connectivity index (χ1v) is 19.7. The standard InChI is InChI=1S/C54H42O6/c1-31(55)37-7-19-43(20-8-37)49-50(44-21-9-38(10-22-44)32(2)56)52(46-25-13-40(14-26-46)34(4)58)54(48-29-17-42(18-30-48)36(6)60)53(47-27-15-41(16-28-47)35(5)59)51(49)45-23-11-39(12-24-45)33(3)57/h7-30H,1-6H3. The molecule has 7 rings (SSSR count). The summed E-state index contributed by atoms with van der Waals surface area (Å²) in [4.78, 5) is 75.7. The predicted molar refractivity (Wildman–Crippen MR) is 239 cm³/mol. The van der Waals surface area contributed by atoms with Gasteiger partial charge in [0.25, 0.3) is 0 Å². The van der Waals surface area contributed by atoms with Crippen LogP contribution in [0.3, 0.4) is 0 Å². The first kappa shape index (κ1) is 40.7. The Morgan fingerprint density at radius 2 is 0.300 bits per heavy atom. The van der Waals surface area contributed by atoms with E-state index in [4.69, 9.17) is 0 Å². The number of rotatable bonds is 12. The van der Waals surface area contributed by atoms with E-state index in [1.54, 1.807) is 72.8 Å². The minimum atomic E-state index is -0.0801. The molecule has 60 heavy (non-hydrogen) atoms. The van der Waals surface area contributed by atoms with Crippen LogP contribution in [0.4, 0.5) is 0 Å². The maximum absolute atomic E-state index is 12.6. The molecule has 0 aliphatic carbocycles. The van der Waals surface area contributed by atoms with Crippen molar-refractivity contribution in [1.82, 2.24) is 0 Å². The van der Waals surface area contributed by atoms with E-state index in [1.165, 1.54) is 41.5 Å². The third kappa shape index (κ3) is 8.00. The molecule has 0 aliphatic rings. The average Bonchev–Trinajstić information content (AvgIpc) is 3.25. The van der Waals surface area contributed by atoms with Crippen molar-refractivity contribution < 1.29 is 28.8 Å². The molecule has 7 aromatic rings. The lowest BCUT2D eigenvalue weighted by Crippen LogP contribution is -2.04. The molecule has 0 heterocycles. The van der Waals surface area contributed by atoms with Crippen LogP contribution in [0, 0.1) is 0 Å². The fraction of sp³-hybridized carbons (Fsp3) is 0.111. The van der Waals surface area contributed by atoms with E-state index in [2.05, 4.69) is 0 Å². The van der Waals surface area contributed by atoms with Gasteiger partial charge in [0, 0.05) is 33.4 Å². The third-order valence-corrected chi connectivity index (χ3v) is 11.0. The summed E-state index contributed by atoms with van der Waals surface area (Å²) in [5.41, 5.74) is 12.8. The Kier molecular flexibility index (Phi) is 11.4. The van der Waals surface area contributed by atoms with Gasteiger partial charge in [-0.25, -0.2) is 0 Å². The predicted octanol–water partition coefficient (Wildman–Crippen LogP) is 12.9. The fourth-order valence-corrected chi connectivity index (χ4v) is 7.71. The summed E-state index contributed by atoms with van der Waals surface area (Å²) < 4.78 is 0. The zero-order valence-electron chi connectivity index (χ0n) is 34.3. The van der Waals surface area contributed by atoms with Crippen LogP contribution in [0.1, 0.15) is 104 Å². The molecule has 0 aliphatic heterocycles. The van der Waals surface area contributed by atoms with Gasteiger partial charge in [-0.05, 0) is 108 Å². The lowest BCUT2D eigenvalue weighted by atomic mass is 9.73. The average molecular weight is 787 g/mol. The minimum absolute atomic E-state index is 0.0801. The Labute approximate surface area is 349 Å². The molecule has 6 heteroatoms. The highest BCUT2D eigenvalue weighted by atomic mass is 16.1. The number of hydrogen-bond acceptors (Lipinski definition) is 6. The quantitative estimate of drug-likeness (QED) is 0.114. The molecular formula is C54H42O6. The Balaban J connectivity index is 1.80. The lowest BCUT2D eigenvalue weighted by molar-refractivity contribution is 0.100. The summed E-state index contributed by atoms with van der Waals surface area (Å²) in [6.07, 6.45) is 0. The van der Waals surface area contributed by atoms with Gasteiger partial charge in [-0.2, -0.15) is 0 Å². The molecule has 294 valence electrons. The topological polar surface area (TPSA) is 102 Å². The molecule has 0 saturated heterocycles. The molecular weight excluding hydrogens is 745 g/mol. The van der Waals surface area contributed by atoms with Gasteiger partial charge in [0.2, 0.25) is 0 Å². The highest BCUT2D eigenvalue weighted by molar-refractivity contribution is 6.16. The smallest absolute Gasteiger partial charge is 0.159 e. The van der Waals surface area contributed by atoms with E-state index >= 15 is 0 Å². The molecule has 0 bridgehead atoms. The third-order valence-electron chi connectivity index (χ3n) is 11.0. The minimum Gasteiger partial charge on any atom is -0.295 e. The van der Waals surface area contributed by atoms with Crippen molar-refractivity contribution in [3.8, 4) is 66.8 Å². The maximum atomic E-state index is 12.6. The van der Waals surface area contributed by atoms with Crippen molar-refractivity contribution >= 4 is 34.7 Å². The molecule has 0 unspecified atom stereocenters. The van der Waals surface area contributed by atoms with Crippen LogP contribution in [-0.2, 0) is 0 Å². The number of carbonyl (C=O) groups is 6. The van der Waals surface area contributed by atoms with Gasteiger partial charge in [0.1, 0.15) is 0 Å². The van der Waals surface area contributed by atoms with Crippen LogP contribution >= 0.6 is 0 Å². The summed E-state index contributed by atoms with van der Waals surface area (Å²) in [5.74, 6) is -0.481. The summed E-state index contributed by atoms with van der Waals surface area (Å²) in [6, 6.07) is 44.8. The molecule has 0 saturated carbocycles. The SMILES string of the molecule is CC(=O)c1ccc(-c2c(-c3ccc(C(C)=O)cc3)c(-c3ccc(C(C)=O)cc3)c(-c3ccc(C(C)=O)cc3)c(-c3ccc(C(C)=O)cc3)c2-c2ccc(C(C)=O)cc2)cc1. The van der Waals surface area contributed by atoms with Gasteiger partial charge in [0.05, 0.1) is 0 Å². The highest BCUT2D eigenvalue weighted by Crippen LogP contribution is 2.56. The fourth-order valence-electron chi connectivity index (χ4n) is 7.71. The molecule has 0 fully saturated rings. The Morgan fingerprint density at radius 1 is 0.200 bits per heavy atom. The molecule has 7 aromatic carbocycles. The largest absolute Gasteiger partial charge is 0.295 e. The molecule has 0 radical (unpaired) electrons. The van der Waals surface area contributed by atoms with E-state index in [9.17, 15) is 28.8 Å². The van der Waals surface area contributed by atoms with Gasteiger partial charge >= 0.3 is 0 Å². The molecule has 0 N–H and O–H groups in total. The first-order chi connectivity index (χ1) is 28.7. The van der Waals surface area contributed by atoms with Gasteiger partial charge in [-0.3, -0.25) is 28.8 Å². The summed E-state index contributed by atoms with van der Waals surface area (Å²) in [7, 11) is 0. The monoisotopic (exact) mass is 786 g/mol. The van der Waals surface area contributed by atoms with E-state index in [0.29, 0.717) is 33.4 Å². The summed E-state index contributed by atoms with van der Waals surface area (Å²) in [6.45, 7) is 9.15. The van der Waals surface area contributed by atoms with Crippen LogP contribution in [0.2, 0.25) is 0 Å². The van der Waals surface area contributed by atoms with Gasteiger partial charge in [0.15, 0.2) is 34.7 Å². The highest BCUT2D eigenvalue weighted by Gasteiger charge is 2.30. The van der Waals surface area contributed by atoms with Crippen LogP contribution in [0.5, 0.6) is 0 Å². The Hall–Kier alpha value is -7.44. The van der Waals surface area contributed by atoms with Crippen molar-refractivity contribution in [2.24, 2.45) is 0 Å². The van der Waals surface area contributed by atoms with Gasteiger partial charge in [-0.15, -0.1) is 0 Å². The Morgan fingerprint density at radius 3 is 0.383 bits per heavy atom. The van der Waals surface area contributed by atoms with Crippen LogP contribution in [0.25, 0.3) is 66.8 Å². The number of Topliss-reactive ketones (excluding diaryl/α,β-unsaturated/α-hetero) is 6. The second kappa shape index (κ2) is 16.8. The van der Waals surface area contributed by atoms with E-state index in [-0.39, 0.29) is 34.7 Å². The molecule has 0 spiro atoms. The van der Waals surface area contributed by atoms with Gasteiger partial charge < -0.3 is 0 Å².